The summed E-state index contributed by atoms with van der Waals surface area (Å²) >= 11 is 0. The molecule has 1 atom stereocenters. The van der Waals surface area contributed by atoms with Crippen molar-refractivity contribution in [3.63, 3.8) is 0 Å². The van der Waals surface area contributed by atoms with Crippen molar-refractivity contribution >= 4 is 17.6 Å². The molecule has 3 amide bonds. The number of nitrogens with one attached hydrogen (secondary N) is 1. The zero-order chi connectivity index (χ0) is 23.5. The number of carbonyl (C=O) groups excluding carboxylic acids is 2. The van der Waals surface area contributed by atoms with Gasteiger partial charge >= 0.3 is 6.03 Å². The van der Waals surface area contributed by atoms with Gasteiger partial charge in [0.25, 0.3) is 0 Å². The van der Waals surface area contributed by atoms with Crippen molar-refractivity contribution < 1.29 is 14.7 Å². The molecule has 1 aliphatic carbocycles. The van der Waals surface area contributed by atoms with E-state index >= 15 is 0 Å². The highest BCUT2D eigenvalue weighted by Crippen LogP contribution is 2.27. The zero-order valence-electron chi connectivity index (χ0n) is 19.5. The van der Waals surface area contributed by atoms with Gasteiger partial charge in [0, 0.05) is 45.2 Å². The monoisotopic (exact) mass is 463 g/mol. The maximum Gasteiger partial charge on any atom is 0.320 e. The number of nitrogens with zero attached hydrogens (tertiary/aromatic N) is 4. The lowest BCUT2D eigenvalue weighted by Crippen LogP contribution is -2.43. The van der Waals surface area contributed by atoms with Gasteiger partial charge in [-0.05, 0) is 42.5 Å². The maximum atomic E-state index is 12.9. The van der Waals surface area contributed by atoms with Gasteiger partial charge in [-0.1, -0.05) is 30.7 Å². The van der Waals surface area contributed by atoms with Gasteiger partial charge in [0.15, 0.2) is 0 Å². The van der Waals surface area contributed by atoms with Crippen LogP contribution in [-0.4, -0.2) is 75.6 Å². The molecule has 1 aromatic heterocycles. The highest BCUT2D eigenvalue weighted by molar-refractivity contribution is 5.92. The Bertz CT molecular complexity index is 1020. The molecule has 3 heterocycles. The van der Waals surface area contributed by atoms with E-state index in [-0.39, 0.29) is 17.9 Å². The summed E-state index contributed by atoms with van der Waals surface area (Å²) in [5.74, 6) is 0.201. The number of aliphatic hydroxyl groups excluding tert-OH is 1. The minimum absolute atomic E-state index is 0.0628. The van der Waals surface area contributed by atoms with Crippen LogP contribution in [0.2, 0.25) is 0 Å². The molecule has 2 aliphatic heterocycles. The van der Waals surface area contributed by atoms with E-state index in [2.05, 4.69) is 39.5 Å². The fourth-order valence-electron chi connectivity index (χ4n) is 4.97. The smallest absolute Gasteiger partial charge is 0.320 e. The van der Waals surface area contributed by atoms with Crippen LogP contribution in [0.1, 0.15) is 36.1 Å². The van der Waals surface area contributed by atoms with E-state index in [1.54, 1.807) is 16.0 Å². The Kier molecular flexibility index (Phi) is 6.78. The molecule has 1 aromatic carbocycles. The first-order valence-electron chi connectivity index (χ1n) is 12.3. The summed E-state index contributed by atoms with van der Waals surface area (Å²) in [6.07, 6.45) is 5.13. The number of β-amino-alcohol motifs (C(OH)–C–C–N with tert-alkyl or cyclic N) is 1. The van der Waals surface area contributed by atoms with Crippen LogP contribution in [-0.2, 0) is 24.3 Å². The van der Waals surface area contributed by atoms with E-state index in [0.29, 0.717) is 38.4 Å². The van der Waals surface area contributed by atoms with Gasteiger partial charge in [-0.2, -0.15) is 0 Å². The number of carbonyl (C=O) groups is 2. The summed E-state index contributed by atoms with van der Waals surface area (Å²) in [4.78, 5) is 35.1. The van der Waals surface area contributed by atoms with Crippen LogP contribution >= 0.6 is 0 Å². The van der Waals surface area contributed by atoms with E-state index in [4.69, 9.17) is 0 Å². The van der Waals surface area contributed by atoms with Crippen molar-refractivity contribution in [3.8, 4) is 0 Å². The number of hydrogen-bond acceptors (Lipinski definition) is 5. The predicted molar refractivity (Wildman–Crippen MR) is 129 cm³/mol. The van der Waals surface area contributed by atoms with Crippen LogP contribution in [0, 0.1) is 5.92 Å². The quantitative estimate of drug-likeness (QED) is 0.628. The molecule has 1 saturated carbocycles. The van der Waals surface area contributed by atoms with Crippen LogP contribution in [0.4, 0.5) is 10.5 Å². The van der Waals surface area contributed by atoms with E-state index < -0.39 is 6.10 Å². The third-order valence-corrected chi connectivity index (χ3v) is 7.21. The molecule has 0 unspecified atom stereocenters. The van der Waals surface area contributed by atoms with Gasteiger partial charge in [-0.25, -0.2) is 4.79 Å². The Hall–Kier alpha value is -2.97. The Morgan fingerprint density at radius 1 is 1.06 bits per heavy atom. The second-order valence-corrected chi connectivity index (χ2v) is 9.71. The van der Waals surface area contributed by atoms with Crippen molar-refractivity contribution in [1.82, 2.24) is 19.7 Å². The van der Waals surface area contributed by atoms with Crippen LogP contribution < -0.4 is 5.32 Å². The number of aromatic nitrogens is 1. The molecule has 8 heteroatoms. The van der Waals surface area contributed by atoms with Gasteiger partial charge in [0.2, 0.25) is 5.91 Å². The standard InChI is InChI=1S/C26H33N5O3/c32-24(17-29-11-10-19-4-1-2-5-21(19)15-29)18-31-13-12-30(26(31)34)16-23-9-8-22(14-27-23)28-25(33)20-6-3-7-20/h1-2,4-5,8-9,14,20,24,32H,3,6-7,10-13,15-18H2,(H,28,33)/t24-/m1/s1. The van der Waals surface area contributed by atoms with Crippen molar-refractivity contribution in [2.75, 3.05) is 38.0 Å². The fraction of sp³-hybridized carbons (Fsp3) is 0.500. The molecule has 2 fully saturated rings. The van der Waals surface area contributed by atoms with Crippen LogP contribution in [0.3, 0.4) is 0 Å². The minimum atomic E-state index is -0.578. The first kappa shape index (κ1) is 22.8. The molecule has 1 saturated heterocycles. The van der Waals surface area contributed by atoms with Gasteiger partial charge in [0.1, 0.15) is 0 Å². The van der Waals surface area contributed by atoms with E-state index in [1.807, 2.05) is 12.1 Å². The predicted octanol–water partition coefficient (Wildman–Crippen LogP) is 2.48. The molecule has 34 heavy (non-hydrogen) atoms. The van der Waals surface area contributed by atoms with E-state index in [9.17, 15) is 14.7 Å². The number of rotatable bonds is 8. The Labute approximate surface area is 200 Å². The lowest BCUT2D eigenvalue weighted by atomic mass is 9.85. The highest BCUT2D eigenvalue weighted by Gasteiger charge is 2.31. The van der Waals surface area contributed by atoms with Gasteiger partial charge in [-0.15, -0.1) is 0 Å². The van der Waals surface area contributed by atoms with Crippen LogP contribution in [0.25, 0.3) is 0 Å². The summed E-state index contributed by atoms with van der Waals surface area (Å²) in [6, 6.07) is 12.1. The molecule has 0 radical (unpaired) electrons. The fourth-order valence-corrected chi connectivity index (χ4v) is 4.97. The summed E-state index contributed by atoms with van der Waals surface area (Å²) < 4.78 is 0. The topological polar surface area (TPSA) is 89.0 Å². The Balaban J connectivity index is 1.08. The maximum absolute atomic E-state index is 12.9. The highest BCUT2D eigenvalue weighted by atomic mass is 16.3. The zero-order valence-corrected chi connectivity index (χ0v) is 19.5. The Morgan fingerprint density at radius 3 is 2.59 bits per heavy atom. The molecular weight excluding hydrogens is 430 g/mol. The molecule has 2 aromatic rings. The van der Waals surface area contributed by atoms with Crippen molar-refractivity contribution in [2.45, 2.75) is 44.9 Å². The van der Waals surface area contributed by atoms with Gasteiger partial charge in [0.05, 0.1) is 30.2 Å². The average molecular weight is 464 g/mol. The summed E-state index contributed by atoms with van der Waals surface area (Å²) in [5, 5.41) is 13.6. The van der Waals surface area contributed by atoms with E-state index in [0.717, 1.165) is 44.5 Å². The molecule has 8 nitrogen and oxygen atoms in total. The molecule has 180 valence electrons. The van der Waals surface area contributed by atoms with Gasteiger partial charge < -0.3 is 20.2 Å². The average Bonchev–Trinajstić information content (AvgIpc) is 3.12. The first-order valence-corrected chi connectivity index (χ1v) is 12.3. The molecule has 0 spiro atoms. The number of benzene rings is 1. The summed E-state index contributed by atoms with van der Waals surface area (Å²) in [7, 11) is 0. The number of fused-ring (bicyclic) bond motifs is 1. The van der Waals surface area contributed by atoms with Crippen LogP contribution in [0.15, 0.2) is 42.6 Å². The molecule has 0 bridgehead atoms. The van der Waals surface area contributed by atoms with Gasteiger partial charge in [-0.3, -0.25) is 14.7 Å². The number of pyridine rings is 1. The lowest BCUT2D eigenvalue weighted by Gasteiger charge is -2.31. The molecule has 3 aliphatic rings. The normalized spacial score (nSPS) is 19.6. The molecular formula is C26H33N5O3. The first-order chi connectivity index (χ1) is 16.5. The number of anilines is 1. The lowest BCUT2D eigenvalue weighted by molar-refractivity contribution is -0.122. The summed E-state index contributed by atoms with van der Waals surface area (Å²) in [6.45, 7) is 4.32. The number of hydrogen-bond donors (Lipinski definition) is 2. The number of urea groups is 1. The van der Waals surface area contributed by atoms with Crippen molar-refractivity contribution in [1.29, 1.82) is 0 Å². The van der Waals surface area contributed by atoms with Crippen molar-refractivity contribution in [2.24, 2.45) is 5.92 Å². The molecule has 5 rings (SSSR count). The van der Waals surface area contributed by atoms with Crippen LogP contribution in [0.5, 0.6) is 0 Å². The second kappa shape index (κ2) is 10.1. The number of aliphatic hydroxyl groups is 1. The van der Waals surface area contributed by atoms with Crippen molar-refractivity contribution in [3.05, 3.63) is 59.4 Å². The Morgan fingerprint density at radius 2 is 1.85 bits per heavy atom. The second-order valence-electron chi connectivity index (χ2n) is 9.71. The third-order valence-electron chi connectivity index (χ3n) is 7.21. The van der Waals surface area contributed by atoms with E-state index in [1.165, 1.54) is 11.1 Å². The number of amides is 3. The SMILES string of the molecule is O=C(Nc1ccc(CN2CCN(C[C@H](O)CN3CCc4ccccc4C3)C2=O)nc1)C1CCC1. The molecule has 2 N–H and O–H groups in total. The summed E-state index contributed by atoms with van der Waals surface area (Å²) in [5.41, 5.74) is 4.19. The largest absolute Gasteiger partial charge is 0.390 e. The minimum Gasteiger partial charge on any atom is -0.390 e. The third kappa shape index (κ3) is 5.23.